The van der Waals surface area contributed by atoms with Crippen LogP contribution < -0.4 is 16.1 Å². The Hall–Kier alpha value is -4.43. The van der Waals surface area contributed by atoms with E-state index in [0.29, 0.717) is 18.9 Å². The molecule has 8 nitrogen and oxygen atoms in total. The lowest BCUT2D eigenvalue weighted by Crippen LogP contribution is -2.30. The summed E-state index contributed by atoms with van der Waals surface area (Å²) in [6.07, 6.45) is 4.08. The van der Waals surface area contributed by atoms with Gasteiger partial charge in [-0.25, -0.2) is 9.78 Å². The number of aromatic amines is 1. The molecule has 0 fully saturated rings. The van der Waals surface area contributed by atoms with Crippen molar-refractivity contribution in [1.29, 1.82) is 0 Å². The summed E-state index contributed by atoms with van der Waals surface area (Å²) in [5.41, 5.74) is 7.25. The van der Waals surface area contributed by atoms with Crippen LogP contribution in [0.25, 0.3) is 28.2 Å². The minimum Gasteiger partial charge on any atom is -0.493 e. The standard InChI is InChI=1S/C34H34N4O4.ClH/c1-4-5-10-29-28(33(39)38(32(35-29)21(2)3)25-15-16-30-24(20-25)17-18-41-30)19-22-11-13-23(14-12-22)26-8-6-7-9-27(26)31-36-34(40)42-37-31;/h6-9,11-16,20-21H,4-5,10,17-19H2,1-3H3,(H,36,37,40);1H. The molecule has 1 aliphatic rings. The first-order valence-electron chi connectivity index (χ1n) is 14.6. The number of rotatable bonds is 9. The predicted octanol–water partition coefficient (Wildman–Crippen LogP) is 6.66. The first-order chi connectivity index (χ1) is 20.4. The van der Waals surface area contributed by atoms with Crippen LogP contribution >= 0.6 is 12.4 Å². The van der Waals surface area contributed by atoms with Crippen LogP contribution in [0, 0.1) is 0 Å². The number of benzene rings is 3. The monoisotopic (exact) mass is 598 g/mol. The molecule has 1 aliphatic heterocycles. The van der Waals surface area contributed by atoms with Crippen molar-refractivity contribution in [3.63, 3.8) is 0 Å². The summed E-state index contributed by atoms with van der Waals surface area (Å²) < 4.78 is 12.2. The Kier molecular flexibility index (Phi) is 8.97. The quantitative estimate of drug-likeness (QED) is 0.204. The number of nitrogens with zero attached hydrogens (tertiary/aromatic N) is 3. The fourth-order valence-electron chi connectivity index (χ4n) is 5.59. The molecule has 222 valence electrons. The van der Waals surface area contributed by atoms with Gasteiger partial charge in [0.25, 0.3) is 5.56 Å². The zero-order valence-corrected chi connectivity index (χ0v) is 25.4. The Morgan fingerprint density at radius 3 is 2.47 bits per heavy atom. The average molecular weight is 599 g/mol. The minimum absolute atomic E-state index is 0. The predicted molar refractivity (Wildman–Crippen MR) is 170 cm³/mol. The van der Waals surface area contributed by atoms with Crippen molar-refractivity contribution in [2.45, 2.75) is 58.8 Å². The molecule has 0 unspecified atom stereocenters. The Morgan fingerprint density at radius 1 is 1.00 bits per heavy atom. The normalized spacial score (nSPS) is 12.2. The van der Waals surface area contributed by atoms with E-state index in [-0.39, 0.29) is 23.9 Å². The highest BCUT2D eigenvalue weighted by Crippen LogP contribution is 2.31. The van der Waals surface area contributed by atoms with Gasteiger partial charge < -0.3 is 4.74 Å². The van der Waals surface area contributed by atoms with Crippen molar-refractivity contribution in [1.82, 2.24) is 19.7 Å². The fraction of sp³-hybridized carbons (Fsp3) is 0.294. The molecule has 0 spiro atoms. The maximum absolute atomic E-state index is 14.3. The van der Waals surface area contributed by atoms with E-state index in [1.165, 1.54) is 0 Å². The van der Waals surface area contributed by atoms with Gasteiger partial charge in [-0.1, -0.05) is 80.9 Å². The van der Waals surface area contributed by atoms with Crippen molar-refractivity contribution >= 4 is 12.4 Å². The van der Waals surface area contributed by atoms with Crippen LogP contribution in [0.3, 0.4) is 0 Å². The molecule has 5 aromatic rings. The third-order valence-corrected chi connectivity index (χ3v) is 7.77. The van der Waals surface area contributed by atoms with E-state index in [2.05, 4.69) is 37.0 Å². The van der Waals surface area contributed by atoms with Crippen LogP contribution in [0.4, 0.5) is 0 Å². The highest BCUT2D eigenvalue weighted by atomic mass is 35.5. The van der Waals surface area contributed by atoms with Gasteiger partial charge in [-0.15, -0.1) is 12.4 Å². The second kappa shape index (κ2) is 12.8. The molecule has 2 aromatic heterocycles. The van der Waals surface area contributed by atoms with E-state index in [1.54, 1.807) is 4.57 Å². The van der Waals surface area contributed by atoms with Crippen LogP contribution in [0.5, 0.6) is 5.75 Å². The zero-order valence-electron chi connectivity index (χ0n) is 24.6. The van der Waals surface area contributed by atoms with Gasteiger partial charge in [-0.2, -0.15) is 0 Å². The number of halogens is 1. The lowest BCUT2D eigenvalue weighted by Gasteiger charge is -2.20. The van der Waals surface area contributed by atoms with Gasteiger partial charge >= 0.3 is 5.76 Å². The molecule has 9 heteroatoms. The smallest absolute Gasteiger partial charge is 0.439 e. The van der Waals surface area contributed by atoms with Crippen molar-refractivity contribution < 1.29 is 9.26 Å². The van der Waals surface area contributed by atoms with Crippen LogP contribution in [-0.4, -0.2) is 26.3 Å². The summed E-state index contributed by atoms with van der Waals surface area (Å²) in [5, 5.41) is 3.87. The Labute approximate surface area is 256 Å². The number of ether oxygens (including phenoxy) is 1. The summed E-state index contributed by atoms with van der Waals surface area (Å²) in [4.78, 5) is 33.6. The van der Waals surface area contributed by atoms with Gasteiger partial charge in [0.15, 0.2) is 5.82 Å². The number of unbranched alkanes of at least 4 members (excludes halogenated alkanes) is 1. The Balaban J connectivity index is 0.00000368. The zero-order chi connectivity index (χ0) is 29.2. The van der Waals surface area contributed by atoms with Gasteiger partial charge in [-0.3, -0.25) is 18.9 Å². The highest BCUT2D eigenvalue weighted by molar-refractivity contribution is 5.85. The molecule has 0 radical (unpaired) electrons. The summed E-state index contributed by atoms with van der Waals surface area (Å²) in [7, 11) is 0. The molecular formula is C34H35ClN4O4. The maximum atomic E-state index is 14.3. The summed E-state index contributed by atoms with van der Waals surface area (Å²) in [6, 6.07) is 21.9. The molecule has 1 N–H and O–H groups in total. The number of nitrogens with one attached hydrogen (secondary N) is 1. The molecule has 3 heterocycles. The molecule has 6 rings (SSSR count). The number of H-pyrrole nitrogens is 1. The summed E-state index contributed by atoms with van der Waals surface area (Å²) >= 11 is 0. The Bertz CT molecular complexity index is 1850. The fourth-order valence-corrected chi connectivity index (χ4v) is 5.59. The van der Waals surface area contributed by atoms with E-state index in [1.807, 2.05) is 60.7 Å². The number of aromatic nitrogens is 4. The molecular weight excluding hydrogens is 564 g/mol. The molecule has 0 saturated carbocycles. The molecule has 43 heavy (non-hydrogen) atoms. The molecule has 0 amide bonds. The summed E-state index contributed by atoms with van der Waals surface area (Å²) in [5.74, 6) is 1.55. The average Bonchev–Trinajstić information content (AvgIpc) is 3.66. The van der Waals surface area contributed by atoms with Gasteiger partial charge in [0.1, 0.15) is 11.6 Å². The number of hydrogen-bond donors (Lipinski definition) is 1. The van der Waals surface area contributed by atoms with E-state index >= 15 is 0 Å². The number of fused-ring (bicyclic) bond motifs is 1. The second-order valence-corrected chi connectivity index (χ2v) is 11.0. The first kappa shape index (κ1) is 30.0. The van der Waals surface area contributed by atoms with Gasteiger partial charge in [0.2, 0.25) is 0 Å². The van der Waals surface area contributed by atoms with Crippen LogP contribution in [-0.2, 0) is 19.3 Å². The topological polar surface area (TPSA) is 103 Å². The molecule has 0 atom stereocenters. The molecule has 0 aliphatic carbocycles. The van der Waals surface area contributed by atoms with E-state index in [4.69, 9.17) is 14.2 Å². The van der Waals surface area contributed by atoms with Crippen molar-refractivity contribution in [3.8, 4) is 34.0 Å². The third kappa shape index (κ3) is 6.06. The van der Waals surface area contributed by atoms with Crippen LogP contribution in [0.1, 0.15) is 67.7 Å². The second-order valence-electron chi connectivity index (χ2n) is 11.0. The van der Waals surface area contributed by atoms with Crippen molar-refractivity contribution in [2.75, 3.05) is 6.61 Å². The van der Waals surface area contributed by atoms with E-state index in [9.17, 15) is 9.59 Å². The minimum atomic E-state index is -0.593. The summed E-state index contributed by atoms with van der Waals surface area (Å²) in [6.45, 7) is 7.00. The van der Waals surface area contributed by atoms with E-state index in [0.717, 1.165) is 82.0 Å². The van der Waals surface area contributed by atoms with Crippen molar-refractivity contribution in [3.05, 3.63) is 116 Å². The highest BCUT2D eigenvalue weighted by Gasteiger charge is 2.22. The van der Waals surface area contributed by atoms with Gasteiger partial charge in [-0.05, 0) is 53.3 Å². The maximum Gasteiger partial charge on any atom is 0.439 e. The van der Waals surface area contributed by atoms with E-state index < -0.39 is 5.76 Å². The molecule has 0 bridgehead atoms. The first-order valence-corrected chi connectivity index (χ1v) is 14.6. The number of hydrogen-bond acceptors (Lipinski definition) is 6. The number of aryl methyl sites for hydroxylation is 1. The van der Waals surface area contributed by atoms with Crippen molar-refractivity contribution in [2.24, 2.45) is 0 Å². The van der Waals surface area contributed by atoms with Crippen LogP contribution in [0.15, 0.2) is 80.8 Å². The third-order valence-electron chi connectivity index (χ3n) is 7.77. The lowest BCUT2D eigenvalue weighted by atomic mass is 9.96. The van der Waals surface area contributed by atoms with Gasteiger partial charge in [0.05, 0.1) is 18.0 Å². The van der Waals surface area contributed by atoms with Gasteiger partial charge in [0, 0.05) is 29.9 Å². The Morgan fingerprint density at radius 2 is 1.77 bits per heavy atom. The lowest BCUT2D eigenvalue weighted by molar-refractivity contribution is 0.357. The largest absolute Gasteiger partial charge is 0.493 e. The van der Waals surface area contributed by atoms with Crippen LogP contribution in [0.2, 0.25) is 0 Å². The molecule has 3 aromatic carbocycles. The molecule has 0 saturated heterocycles. The SMILES string of the molecule is CCCCc1nc(C(C)C)n(-c2ccc3c(c2)CCO3)c(=O)c1Cc1ccc(-c2ccccc2-c2noc(=O)[nH]2)cc1.Cl.